The number of amides is 2. The fourth-order valence-electron chi connectivity index (χ4n) is 0.135. The zero-order chi connectivity index (χ0) is 6.41. The third-order valence-electron chi connectivity index (χ3n) is 0.397. The number of nitrogens with one attached hydrogen (secondary N) is 2. The van der Waals surface area contributed by atoms with Gasteiger partial charge in [-0.3, -0.25) is 10.2 Å². The van der Waals surface area contributed by atoms with Crippen molar-refractivity contribution < 1.29 is 42.3 Å². The smallest absolute Gasteiger partial charge is 0.245 e. The SMILES string of the molecule is O=[C-]NNC(=O)CS.[Y]. The van der Waals surface area contributed by atoms with Crippen molar-refractivity contribution in [3.8, 4) is 0 Å². The summed E-state index contributed by atoms with van der Waals surface area (Å²) in [4.78, 5) is 19.5. The largest absolute Gasteiger partial charge is 0.518 e. The van der Waals surface area contributed by atoms with Gasteiger partial charge in [0.2, 0.25) is 5.91 Å². The van der Waals surface area contributed by atoms with Crippen molar-refractivity contribution in [3.63, 3.8) is 0 Å². The average molecular weight is 222 g/mol. The van der Waals surface area contributed by atoms with Crippen LogP contribution in [0.5, 0.6) is 0 Å². The van der Waals surface area contributed by atoms with Crippen LogP contribution in [0.25, 0.3) is 0 Å². The summed E-state index contributed by atoms with van der Waals surface area (Å²) in [5, 5.41) is 0. The molecule has 0 unspecified atom stereocenters. The van der Waals surface area contributed by atoms with E-state index in [4.69, 9.17) is 0 Å². The minimum atomic E-state index is -0.364. The fourth-order valence-corrected chi connectivity index (χ4v) is 0.214. The predicted octanol–water partition coefficient (Wildman–Crippen LogP) is -1.40. The van der Waals surface area contributed by atoms with Crippen molar-refractivity contribution in [1.29, 1.82) is 0 Å². The van der Waals surface area contributed by atoms with E-state index in [9.17, 15) is 9.59 Å². The molecule has 0 aliphatic rings. The number of hydrogen-bond acceptors (Lipinski definition) is 3. The molecule has 2 amide bonds. The summed E-state index contributed by atoms with van der Waals surface area (Å²) >= 11 is 3.61. The third-order valence-corrected chi connectivity index (χ3v) is 0.684. The maximum absolute atomic E-state index is 10.1. The van der Waals surface area contributed by atoms with Gasteiger partial charge in [-0.15, -0.1) is 6.41 Å². The Morgan fingerprint density at radius 2 is 2.22 bits per heavy atom. The summed E-state index contributed by atoms with van der Waals surface area (Å²) in [6.07, 6.45) is 1.27. The normalized spacial score (nSPS) is 6.78. The molecule has 0 heterocycles. The first-order valence-corrected chi connectivity index (χ1v) is 2.46. The van der Waals surface area contributed by atoms with Gasteiger partial charge in [0, 0.05) is 32.7 Å². The number of thiol groups is 1. The van der Waals surface area contributed by atoms with E-state index in [0.717, 1.165) is 0 Å². The zero-order valence-electron chi connectivity index (χ0n) is 4.55. The molecular weight excluding hydrogens is 217 g/mol. The minimum Gasteiger partial charge on any atom is -0.518 e. The van der Waals surface area contributed by atoms with Crippen LogP contribution < -0.4 is 10.9 Å². The first-order chi connectivity index (χ1) is 3.81. The van der Waals surface area contributed by atoms with Gasteiger partial charge in [0.05, 0.1) is 5.75 Å². The Balaban J connectivity index is 0. The number of rotatable bonds is 3. The van der Waals surface area contributed by atoms with Crippen molar-refractivity contribution in [1.82, 2.24) is 10.9 Å². The molecule has 0 aromatic carbocycles. The Hall–Kier alpha value is 0.394. The van der Waals surface area contributed by atoms with E-state index in [-0.39, 0.29) is 44.4 Å². The van der Waals surface area contributed by atoms with E-state index in [1.807, 2.05) is 10.9 Å². The molecule has 4 nitrogen and oxygen atoms in total. The second kappa shape index (κ2) is 8.39. The van der Waals surface area contributed by atoms with Gasteiger partial charge < -0.3 is 10.2 Å². The molecular formula is C3H5N2O2SY-. The Kier molecular flexibility index (Phi) is 11.3. The summed E-state index contributed by atoms with van der Waals surface area (Å²) in [6.45, 7) is 0. The quantitative estimate of drug-likeness (QED) is 0.238. The van der Waals surface area contributed by atoms with Crippen LogP contribution in [-0.2, 0) is 42.3 Å². The first-order valence-electron chi connectivity index (χ1n) is 1.83. The molecule has 0 saturated carbocycles. The van der Waals surface area contributed by atoms with Crippen LogP contribution in [0.15, 0.2) is 0 Å². The molecule has 0 fully saturated rings. The molecule has 0 aromatic heterocycles. The van der Waals surface area contributed by atoms with Crippen molar-refractivity contribution in [3.05, 3.63) is 0 Å². The third kappa shape index (κ3) is 8.39. The van der Waals surface area contributed by atoms with Crippen molar-refractivity contribution >= 4 is 24.9 Å². The standard InChI is InChI=1S/C3H5N2O2S.Y/c6-2-4-5-3(7)1-8;/h8H,1H2,(H,4,6)(H,5,7);/q-1;. The molecule has 0 spiro atoms. The fraction of sp³-hybridized carbons (Fsp3) is 0.333. The van der Waals surface area contributed by atoms with Gasteiger partial charge in [-0.05, 0) is 0 Å². The Bertz CT molecular complexity index is 99.8. The molecule has 2 N–H and O–H groups in total. The first kappa shape index (κ1) is 12.1. The number of hydrogen-bond donors (Lipinski definition) is 3. The van der Waals surface area contributed by atoms with Crippen molar-refractivity contribution in [2.75, 3.05) is 5.75 Å². The minimum absolute atomic E-state index is 0. The van der Waals surface area contributed by atoms with Gasteiger partial charge in [0.25, 0.3) is 0 Å². The summed E-state index contributed by atoms with van der Waals surface area (Å²) < 4.78 is 0. The van der Waals surface area contributed by atoms with Gasteiger partial charge in [-0.2, -0.15) is 12.6 Å². The maximum Gasteiger partial charge on any atom is 0.245 e. The Morgan fingerprint density at radius 3 is 2.56 bits per heavy atom. The average Bonchev–Trinajstić information content (AvgIpc) is 1.83. The molecule has 0 rings (SSSR count). The zero-order valence-corrected chi connectivity index (χ0v) is 8.28. The van der Waals surface area contributed by atoms with Gasteiger partial charge >= 0.3 is 0 Å². The molecule has 0 saturated heterocycles. The second-order valence-electron chi connectivity index (χ2n) is 0.933. The van der Waals surface area contributed by atoms with E-state index >= 15 is 0 Å². The topological polar surface area (TPSA) is 58.2 Å². The van der Waals surface area contributed by atoms with Crippen LogP contribution >= 0.6 is 12.6 Å². The van der Waals surface area contributed by atoms with Gasteiger partial charge in [0.1, 0.15) is 0 Å². The van der Waals surface area contributed by atoms with Crippen molar-refractivity contribution in [2.45, 2.75) is 0 Å². The maximum atomic E-state index is 10.1. The Morgan fingerprint density at radius 1 is 1.67 bits per heavy atom. The van der Waals surface area contributed by atoms with E-state index < -0.39 is 0 Å². The second-order valence-corrected chi connectivity index (χ2v) is 1.25. The van der Waals surface area contributed by atoms with Crippen LogP contribution in [0.1, 0.15) is 0 Å². The summed E-state index contributed by atoms with van der Waals surface area (Å²) in [5.41, 5.74) is 3.84. The van der Waals surface area contributed by atoms with Crippen LogP contribution in [0, 0.1) is 0 Å². The summed E-state index contributed by atoms with van der Waals surface area (Å²) in [5.74, 6) is -0.314. The number of hydrazine groups is 1. The van der Waals surface area contributed by atoms with E-state index in [1.165, 1.54) is 6.41 Å². The van der Waals surface area contributed by atoms with Gasteiger partial charge in [-0.1, -0.05) is 0 Å². The van der Waals surface area contributed by atoms with Crippen LogP contribution in [-0.4, -0.2) is 18.1 Å². The molecule has 49 valence electrons. The van der Waals surface area contributed by atoms with E-state index in [1.54, 1.807) is 0 Å². The number of carbonyl (C=O) groups excluding carboxylic acids is 2. The molecule has 9 heavy (non-hydrogen) atoms. The number of carbonyl (C=O) groups is 1. The molecule has 0 aliphatic carbocycles. The molecule has 0 bridgehead atoms. The van der Waals surface area contributed by atoms with Gasteiger partial charge in [-0.25, -0.2) is 0 Å². The van der Waals surface area contributed by atoms with E-state index in [0.29, 0.717) is 0 Å². The Labute approximate surface area is 83.4 Å². The monoisotopic (exact) mass is 222 g/mol. The van der Waals surface area contributed by atoms with Crippen LogP contribution in [0.2, 0.25) is 0 Å². The van der Waals surface area contributed by atoms with Gasteiger partial charge in [0.15, 0.2) is 0 Å². The molecule has 0 atom stereocenters. The predicted molar refractivity (Wildman–Crippen MR) is 30.8 cm³/mol. The summed E-state index contributed by atoms with van der Waals surface area (Å²) in [7, 11) is 0. The van der Waals surface area contributed by atoms with Crippen LogP contribution in [0.4, 0.5) is 0 Å². The molecule has 6 heteroatoms. The summed E-state index contributed by atoms with van der Waals surface area (Å²) in [6, 6.07) is 0. The molecule has 0 aromatic rings. The van der Waals surface area contributed by atoms with E-state index in [2.05, 4.69) is 12.6 Å². The molecule has 1 radical (unpaired) electrons. The van der Waals surface area contributed by atoms with Crippen molar-refractivity contribution in [2.24, 2.45) is 0 Å². The van der Waals surface area contributed by atoms with Crippen LogP contribution in [0.3, 0.4) is 0 Å². The molecule has 0 aliphatic heterocycles.